The molecule has 180 valence electrons. The zero-order valence-corrected chi connectivity index (χ0v) is 22.8. The van der Waals surface area contributed by atoms with Crippen molar-refractivity contribution < 1.29 is 0 Å². The Hall–Kier alpha value is -1.90. The first-order valence-electron chi connectivity index (χ1n) is 12.8. The lowest BCUT2D eigenvalue weighted by molar-refractivity contribution is 0.568. The Morgan fingerprint density at radius 3 is 1.97 bits per heavy atom. The Labute approximate surface area is 199 Å². The fraction of sp³-hybridized carbons (Fsp3) is 0.655. The molecule has 1 aliphatic heterocycles. The van der Waals surface area contributed by atoms with Crippen LogP contribution in [0.1, 0.15) is 121 Å². The molecule has 1 fully saturated rings. The highest BCUT2D eigenvalue weighted by atomic mass is 15.2. The average Bonchev–Trinajstić information content (AvgIpc) is 3.24. The number of hydrogen-bond donors (Lipinski definition) is 0. The van der Waals surface area contributed by atoms with Crippen molar-refractivity contribution in [3.8, 4) is 0 Å². The van der Waals surface area contributed by atoms with Gasteiger partial charge in [-0.15, -0.1) is 0 Å². The molecule has 0 aromatic carbocycles. The summed E-state index contributed by atoms with van der Waals surface area (Å²) in [6.07, 6.45) is 6.69. The smallest absolute Gasteiger partial charge is 0.131 e. The fourth-order valence-corrected chi connectivity index (χ4v) is 4.10. The van der Waals surface area contributed by atoms with Crippen LogP contribution >= 0.6 is 0 Å². The van der Waals surface area contributed by atoms with E-state index >= 15 is 0 Å². The molecule has 1 saturated heterocycles. The Balaban J connectivity index is 0.000000307. The second-order valence-corrected chi connectivity index (χ2v) is 9.85. The third kappa shape index (κ3) is 7.90. The van der Waals surface area contributed by atoms with E-state index < -0.39 is 0 Å². The highest BCUT2D eigenvalue weighted by Gasteiger charge is 2.23. The minimum Gasteiger partial charge on any atom is -0.356 e. The van der Waals surface area contributed by atoms with Gasteiger partial charge in [0.1, 0.15) is 5.82 Å². The van der Waals surface area contributed by atoms with E-state index in [0.29, 0.717) is 17.8 Å². The first kappa shape index (κ1) is 28.1. The first-order chi connectivity index (χ1) is 15.1. The van der Waals surface area contributed by atoms with Crippen LogP contribution in [-0.4, -0.2) is 23.1 Å². The summed E-state index contributed by atoms with van der Waals surface area (Å²) in [5, 5.41) is 0. The summed E-state index contributed by atoms with van der Waals surface area (Å²) in [6.45, 7) is 26.2. The summed E-state index contributed by atoms with van der Waals surface area (Å²) in [5.74, 6) is 3.73. The van der Waals surface area contributed by atoms with Crippen LogP contribution in [0.4, 0.5) is 5.82 Å². The number of rotatable bonds is 5. The van der Waals surface area contributed by atoms with Gasteiger partial charge in [-0.25, -0.2) is 4.98 Å². The molecule has 0 radical (unpaired) electrons. The van der Waals surface area contributed by atoms with Crippen LogP contribution in [0.25, 0.3) is 0 Å². The molecular formula is C29H49N3. The van der Waals surface area contributed by atoms with Gasteiger partial charge in [-0.1, -0.05) is 74.8 Å². The molecule has 3 heterocycles. The quantitative estimate of drug-likeness (QED) is 0.468. The standard InChI is InChI=1S/C15H24N2.C12H19N.C2H6/c1-5-13-6-7-17(10-13)15-12(4)8-14(9-16-15)11(2)3;1-8(2)11-7-13-12(9(3)4)6-10(11)5;1-2/h8-9,11,13H,5-7,10H2,1-4H3;6-9H,1-5H3;1-2H3. The third-order valence-corrected chi connectivity index (χ3v) is 6.29. The van der Waals surface area contributed by atoms with Gasteiger partial charge in [0.05, 0.1) is 0 Å². The summed E-state index contributed by atoms with van der Waals surface area (Å²) >= 11 is 0. The lowest BCUT2D eigenvalue weighted by Gasteiger charge is -2.20. The monoisotopic (exact) mass is 439 g/mol. The molecule has 2 aromatic heterocycles. The fourth-order valence-electron chi connectivity index (χ4n) is 4.10. The third-order valence-electron chi connectivity index (χ3n) is 6.29. The Morgan fingerprint density at radius 2 is 1.53 bits per heavy atom. The summed E-state index contributed by atoms with van der Waals surface area (Å²) in [6, 6.07) is 4.51. The first-order valence-corrected chi connectivity index (χ1v) is 12.8. The van der Waals surface area contributed by atoms with Crippen LogP contribution < -0.4 is 4.90 Å². The summed E-state index contributed by atoms with van der Waals surface area (Å²) < 4.78 is 0. The zero-order valence-electron chi connectivity index (χ0n) is 22.8. The van der Waals surface area contributed by atoms with E-state index in [1.54, 1.807) is 0 Å². The molecule has 3 nitrogen and oxygen atoms in total. The van der Waals surface area contributed by atoms with Crippen molar-refractivity contribution in [1.29, 1.82) is 0 Å². The van der Waals surface area contributed by atoms with Crippen molar-refractivity contribution >= 4 is 5.82 Å². The Morgan fingerprint density at radius 1 is 0.875 bits per heavy atom. The number of anilines is 1. The maximum atomic E-state index is 4.68. The van der Waals surface area contributed by atoms with Gasteiger partial charge in [-0.2, -0.15) is 0 Å². The number of aromatic nitrogens is 2. The molecule has 32 heavy (non-hydrogen) atoms. The molecular weight excluding hydrogens is 390 g/mol. The maximum absolute atomic E-state index is 4.68. The van der Waals surface area contributed by atoms with Crippen LogP contribution in [0.15, 0.2) is 24.5 Å². The SMILES string of the molecule is CC.CCC1CCN(c2ncc(C(C)C)cc2C)C1.Cc1cc(C(C)C)ncc1C(C)C. The van der Waals surface area contributed by atoms with Crippen LogP contribution in [0.2, 0.25) is 0 Å². The lowest BCUT2D eigenvalue weighted by atomic mass is 9.98. The predicted octanol–water partition coefficient (Wildman–Crippen LogP) is 8.41. The van der Waals surface area contributed by atoms with E-state index in [0.717, 1.165) is 5.92 Å². The van der Waals surface area contributed by atoms with E-state index in [1.807, 2.05) is 26.2 Å². The Kier molecular flexibility index (Phi) is 12.0. The summed E-state index contributed by atoms with van der Waals surface area (Å²) in [4.78, 5) is 11.6. The lowest BCUT2D eigenvalue weighted by Crippen LogP contribution is -2.21. The van der Waals surface area contributed by atoms with E-state index in [4.69, 9.17) is 0 Å². The molecule has 0 amide bonds. The highest BCUT2D eigenvalue weighted by Crippen LogP contribution is 2.28. The van der Waals surface area contributed by atoms with Gasteiger partial charge < -0.3 is 4.90 Å². The van der Waals surface area contributed by atoms with Gasteiger partial charge >= 0.3 is 0 Å². The van der Waals surface area contributed by atoms with Crippen molar-refractivity contribution in [2.45, 2.75) is 107 Å². The summed E-state index contributed by atoms with van der Waals surface area (Å²) in [7, 11) is 0. The zero-order chi connectivity index (χ0) is 24.4. The summed E-state index contributed by atoms with van der Waals surface area (Å²) in [5.41, 5.74) is 6.60. The molecule has 1 aliphatic rings. The number of aryl methyl sites for hydroxylation is 2. The Bertz CT molecular complexity index is 808. The van der Waals surface area contributed by atoms with Gasteiger partial charge in [-0.3, -0.25) is 4.98 Å². The molecule has 1 unspecified atom stereocenters. The van der Waals surface area contributed by atoms with Gasteiger partial charge in [0.25, 0.3) is 0 Å². The molecule has 3 heteroatoms. The van der Waals surface area contributed by atoms with Crippen molar-refractivity contribution in [2.24, 2.45) is 5.92 Å². The van der Waals surface area contributed by atoms with Gasteiger partial charge in [0.15, 0.2) is 0 Å². The largest absolute Gasteiger partial charge is 0.356 e. The second-order valence-electron chi connectivity index (χ2n) is 9.85. The van der Waals surface area contributed by atoms with Crippen LogP contribution in [0, 0.1) is 19.8 Å². The van der Waals surface area contributed by atoms with Crippen molar-refractivity contribution in [1.82, 2.24) is 9.97 Å². The van der Waals surface area contributed by atoms with Crippen molar-refractivity contribution in [2.75, 3.05) is 18.0 Å². The number of nitrogens with zero attached hydrogens (tertiary/aromatic N) is 3. The van der Waals surface area contributed by atoms with Gasteiger partial charge in [0, 0.05) is 31.2 Å². The molecule has 2 aromatic rings. The molecule has 0 N–H and O–H groups in total. The number of hydrogen-bond acceptors (Lipinski definition) is 3. The topological polar surface area (TPSA) is 29.0 Å². The van der Waals surface area contributed by atoms with E-state index in [9.17, 15) is 0 Å². The molecule has 0 spiro atoms. The number of pyridine rings is 2. The molecule has 3 rings (SSSR count). The molecule has 0 saturated carbocycles. The molecule has 0 bridgehead atoms. The minimum absolute atomic E-state index is 0.528. The highest BCUT2D eigenvalue weighted by molar-refractivity contribution is 5.48. The van der Waals surface area contributed by atoms with E-state index in [1.165, 1.54) is 59.7 Å². The maximum Gasteiger partial charge on any atom is 0.131 e. The van der Waals surface area contributed by atoms with Gasteiger partial charge in [0.2, 0.25) is 0 Å². The van der Waals surface area contributed by atoms with Crippen molar-refractivity contribution in [3.05, 3.63) is 52.5 Å². The van der Waals surface area contributed by atoms with E-state index in [2.05, 4.69) is 89.3 Å². The van der Waals surface area contributed by atoms with Gasteiger partial charge in [-0.05, 0) is 72.3 Å². The minimum atomic E-state index is 0.528. The molecule has 1 atom stereocenters. The van der Waals surface area contributed by atoms with Crippen LogP contribution in [-0.2, 0) is 0 Å². The molecule has 0 aliphatic carbocycles. The van der Waals surface area contributed by atoms with E-state index in [-0.39, 0.29) is 0 Å². The second kappa shape index (κ2) is 13.6. The van der Waals surface area contributed by atoms with Crippen LogP contribution in [0.5, 0.6) is 0 Å². The average molecular weight is 440 g/mol. The van der Waals surface area contributed by atoms with Crippen LogP contribution in [0.3, 0.4) is 0 Å². The normalized spacial score (nSPS) is 15.6. The predicted molar refractivity (Wildman–Crippen MR) is 142 cm³/mol. The van der Waals surface area contributed by atoms with Crippen molar-refractivity contribution in [3.63, 3.8) is 0 Å².